The van der Waals surface area contributed by atoms with E-state index >= 15 is 0 Å². The Kier molecular flexibility index (Phi) is 4.34. The summed E-state index contributed by atoms with van der Waals surface area (Å²) in [6.07, 6.45) is -0.304. The van der Waals surface area contributed by atoms with Crippen molar-refractivity contribution in [2.24, 2.45) is 0 Å². The molecule has 0 spiro atoms. The molecule has 1 aliphatic heterocycles. The number of aromatic nitrogens is 1. The highest BCUT2D eigenvalue weighted by Crippen LogP contribution is 2.20. The van der Waals surface area contributed by atoms with Gasteiger partial charge in [-0.1, -0.05) is 6.07 Å². The average Bonchev–Trinajstić information content (AvgIpc) is 2.36. The number of ether oxygens (including phenoxy) is 1. The van der Waals surface area contributed by atoms with Gasteiger partial charge in [-0.2, -0.15) is 4.39 Å². The highest BCUT2D eigenvalue weighted by atomic mass is 19.1. The van der Waals surface area contributed by atoms with Crippen LogP contribution in [0.2, 0.25) is 0 Å². The second-order valence-corrected chi connectivity index (χ2v) is 6.29. The SMILES string of the molecule is C[C@H]1CN(C(=O)OC(C)(C)C)CCN1c1cccc(F)n1. The maximum atomic E-state index is 13.2. The minimum absolute atomic E-state index is 0.0561. The standard InChI is InChI=1S/C15H22FN3O2/c1-11-10-18(14(20)21-15(2,3)4)8-9-19(11)13-7-5-6-12(16)17-13/h5-7,11H,8-10H2,1-4H3/t11-/m0/s1. The van der Waals surface area contributed by atoms with Gasteiger partial charge in [0.25, 0.3) is 0 Å². The van der Waals surface area contributed by atoms with Crippen LogP contribution in [0.4, 0.5) is 15.0 Å². The first-order valence-corrected chi connectivity index (χ1v) is 7.13. The summed E-state index contributed by atoms with van der Waals surface area (Å²) in [5, 5.41) is 0. The maximum absolute atomic E-state index is 13.2. The quantitative estimate of drug-likeness (QED) is 0.747. The number of hydrogen-bond acceptors (Lipinski definition) is 4. The van der Waals surface area contributed by atoms with Crippen molar-refractivity contribution >= 4 is 11.9 Å². The fraction of sp³-hybridized carbons (Fsp3) is 0.600. The first kappa shape index (κ1) is 15.5. The van der Waals surface area contributed by atoms with E-state index in [0.29, 0.717) is 25.5 Å². The number of carbonyl (C=O) groups is 1. The van der Waals surface area contributed by atoms with Crippen molar-refractivity contribution in [3.63, 3.8) is 0 Å². The molecule has 21 heavy (non-hydrogen) atoms. The number of halogens is 1. The fourth-order valence-corrected chi connectivity index (χ4v) is 2.35. The van der Waals surface area contributed by atoms with Gasteiger partial charge in [0.1, 0.15) is 11.4 Å². The van der Waals surface area contributed by atoms with Gasteiger partial charge in [-0.15, -0.1) is 0 Å². The molecule has 0 unspecified atom stereocenters. The molecule has 0 N–H and O–H groups in total. The van der Waals surface area contributed by atoms with Crippen LogP contribution >= 0.6 is 0 Å². The molecule has 1 aromatic heterocycles. The molecule has 1 aliphatic rings. The number of rotatable bonds is 1. The van der Waals surface area contributed by atoms with E-state index < -0.39 is 11.5 Å². The van der Waals surface area contributed by atoms with Crippen LogP contribution in [0.1, 0.15) is 27.7 Å². The van der Waals surface area contributed by atoms with Gasteiger partial charge in [-0.3, -0.25) is 0 Å². The Bertz CT molecular complexity index is 516. The molecule has 1 saturated heterocycles. The Morgan fingerprint density at radius 2 is 2.10 bits per heavy atom. The third-order valence-corrected chi connectivity index (χ3v) is 3.27. The molecular weight excluding hydrogens is 273 g/mol. The lowest BCUT2D eigenvalue weighted by Crippen LogP contribution is -2.54. The third-order valence-electron chi connectivity index (χ3n) is 3.27. The third kappa shape index (κ3) is 4.06. The monoisotopic (exact) mass is 295 g/mol. The summed E-state index contributed by atoms with van der Waals surface area (Å²) >= 11 is 0. The second kappa shape index (κ2) is 5.87. The highest BCUT2D eigenvalue weighted by molar-refractivity contribution is 5.68. The van der Waals surface area contributed by atoms with Gasteiger partial charge >= 0.3 is 6.09 Å². The van der Waals surface area contributed by atoms with E-state index in [-0.39, 0.29) is 12.1 Å². The Balaban J connectivity index is 2.01. The molecule has 1 aromatic rings. The lowest BCUT2D eigenvalue weighted by Gasteiger charge is -2.40. The molecule has 6 heteroatoms. The van der Waals surface area contributed by atoms with Crippen LogP contribution in [0.3, 0.4) is 0 Å². The van der Waals surface area contributed by atoms with Crippen molar-refractivity contribution in [1.82, 2.24) is 9.88 Å². The highest BCUT2D eigenvalue weighted by Gasteiger charge is 2.30. The van der Waals surface area contributed by atoms with Crippen molar-refractivity contribution in [3.05, 3.63) is 24.1 Å². The molecule has 1 amide bonds. The normalized spacial score (nSPS) is 19.6. The molecule has 1 atom stereocenters. The summed E-state index contributed by atoms with van der Waals surface area (Å²) in [4.78, 5) is 19.7. The van der Waals surface area contributed by atoms with Gasteiger partial charge < -0.3 is 14.5 Å². The molecule has 0 bridgehead atoms. The molecule has 0 radical (unpaired) electrons. The van der Waals surface area contributed by atoms with Crippen LogP contribution in [0.25, 0.3) is 0 Å². The van der Waals surface area contributed by atoms with Crippen LogP contribution in [0.15, 0.2) is 18.2 Å². The maximum Gasteiger partial charge on any atom is 0.410 e. The van der Waals surface area contributed by atoms with Crippen molar-refractivity contribution in [2.75, 3.05) is 24.5 Å². The number of hydrogen-bond donors (Lipinski definition) is 0. The molecular formula is C15H22FN3O2. The molecule has 0 aromatic carbocycles. The van der Waals surface area contributed by atoms with Gasteiger partial charge in [-0.25, -0.2) is 9.78 Å². The lowest BCUT2D eigenvalue weighted by atomic mass is 10.2. The molecule has 5 nitrogen and oxygen atoms in total. The number of pyridine rings is 1. The summed E-state index contributed by atoms with van der Waals surface area (Å²) in [5.74, 6) is 0.112. The lowest BCUT2D eigenvalue weighted by molar-refractivity contribution is 0.0218. The van der Waals surface area contributed by atoms with Crippen molar-refractivity contribution < 1.29 is 13.9 Å². The Hall–Kier alpha value is -1.85. The van der Waals surface area contributed by atoms with E-state index in [1.807, 2.05) is 32.6 Å². The van der Waals surface area contributed by atoms with Gasteiger partial charge in [0, 0.05) is 25.7 Å². The zero-order chi connectivity index (χ0) is 15.6. The number of nitrogens with zero attached hydrogens (tertiary/aromatic N) is 3. The predicted molar refractivity (Wildman–Crippen MR) is 78.8 cm³/mol. The van der Waals surface area contributed by atoms with Gasteiger partial charge in [0.05, 0.1) is 0 Å². The number of carbonyl (C=O) groups excluding carboxylic acids is 1. The van der Waals surface area contributed by atoms with E-state index in [1.54, 1.807) is 17.0 Å². The summed E-state index contributed by atoms with van der Waals surface area (Å²) in [5.41, 5.74) is -0.498. The number of amides is 1. The first-order valence-electron chi connectivity index (χ1n) is 7.13. The predicted octanol–water partition coefficient (Wildman–Crippen LogP) is 2.67. The zero-order valence-electron chi connectivity index (χ0n) is 13.0. The minimum atomic E-state index is -0.498. The van der Waals surface area contributed by atoms with Gasteiger partial charge in [0.2, 0.25) is 5.95 Å². The van der Waals surface area contributed by atoms with Crippen LogP contribution in [0, 0.1) is 5.95 Å². The molecule has 2 rings (SSSR count). The summed E-state index contributed by atoms with van der Waals surface area (Å²) in [7, 11) is 0. The Labute approximate surface area is 124 Å². The zero-order valence-corrected chi connectivity index (χ0v) is 13.0. The number of anilines is 1. The van der Waals surface area contributed by atoms with E-state index in [0.717, 1.165) is 0 Å². The molecule has 2 heterocycles. The Morgan fingerprint density at radius 1 is 1.38 bits per heavy atom. The smallest absolute Gasteiger partial charge is 0.410 e. The van der Waals surface area contributed by atoms with Gasteiger partial charge in [-0.05, 0) is 39.8 Å². The topological polar surface area (TPSA) is 45.7 Å². The minimum Gasteiger partial charge on any atom is -0.444 e. The van der Waals surface area contributed by atoms with Crippen LogP contribution in [-0.2, 0) is 4.74 Å². The largest absolute Gasteiger partial charge is 0.444 e. The second-order valence-electron chi connectivity index (χ2n) is 6.29. The molecule has 116 valence electrons. The first-order chi connectivity index (χ1) is 9.76. The number of piperazine rings is 1. The van der Waals surface area contributed by atoms with E-state index in [2.05, 4.69) is 4.98 Å². The molecule has 0 saturated carbocycles. The van der Waals surface area contributed by atoms with Crippen LogP contribution < -0.4 is 4.90 Å². The molecule has 1 fully saturated rings. The van der Waals surface area contributed by atoms with Crippen LogP contribution in [-0.4, -0.2) is 47.3 Å². The summed E-state index contributed by atoms with van der Waals surface area (Å²) in [6, 6.07) is 4.80. The van der Waals surface area contributed by atoms with E-state index in [4.69, 9.17) is 4.74 Å². The van der Waals surface area contributed by atoms with Crippen LogP contribution in [0.5, 0.6) is 0 Å². The summed E-state index contributed by atoms with van der Waals surface area (Å²) in [6.45, 7) is 9.22. The van der Waals surface area contributed by atoms with E-state index in [1.165, 1.54) is 6.07 Å². The van der Waals surface area contributed by atoms with Crippen molar-refractivity contribution in [3.8, 4) is 0 Å². The van der Waals surface area contributed by atoms with Crippen molar-refractivity contribution in [1.29, 1.82) is 0 Å². The fourth-order valence-electron chi connectivity index (χ4n) is 2.35. The average molecular weight is 295 g/mol. The van der Waals surface area contributed by atoms with E-state index in [9.17, 15) is 9.18 Å². The van der Waals surface area contributed by atoms with Crippen molar-refractivity contribution in [2.45, 2.75) is 39.3 Å². The van der Waals surface area contributed by atoms with Gasteiger partial charge in [0.15, 0.2) is 0 Å². The Morgan fingerprint density at radius 3 is 2.67 bits per heavy atom. The summed E-state index contributed by atoms with van der Waals surface area (Å²) < 4.78 is 18.6. The molecule has 0 aliphatic carbocycles.